The highest BCUT2D eigenvalue weighted by Crippen LogP contribution is 2.18. The number of hydrogen-bond acceptors (Lipinski definition) is 2. The minimum absolute atomic E-state index is 0.355. The standard InChI is InChI=1S/C10H18N2O/c13-10-4-8-12(10)7-3-9-1-5-11-6-2-9/h9,11H,1-8H2. The Hall–Kier alpha value is -0.570. The minimum atomic E-state index is 0.355. The molecule has 0 radical (unpaired) electrons. The molecule has 0 spiro atoms. The molecule has 0 saturated carbocycles. The van der Waals surface area contributed by atoms with E-state index in [0.717, 1.165) is 25.4 Å². The lowest BCUT2D eigenvalue weighted by Gasteiger charge is -2.32. The lowest BCUT2D eigenvalue weighted by Crippen LogP contribution is -2.44. The number of hydrogen-bond donors (Lipinski definition) is 1. The van der Waals surface area contributed by atoms with E-state index in [1.165, 1.54) is 32.4 Å². The van der Waals surface area contributed by atoms with E-state index in [1.807, 2.05) is 4.90 Å². The predicted octanol–water partition coefficient (Wildman–Crippen LogP) is 0.608. The van der Waals surface area contributed by atoms with Gasteiger partial charge in [-0.05, 0) is 38.3 Å². The highest BCUT2D eigenvalue weighted by molar-refractivity contribution is 5.81. The largest absolute Gasteiger partial charge is 0.342 e. The summed E-state index contributed by atoms with van der Waals surface area (Å²) in [6, 6.07) is 0. The van der Waals surface area contributed by atoms with E-state index in [9.17, 15) is 4.79 Å². The molecule has 2 saturated heterocycles. The van der Waals surface area contributed by atoms with Gasteiger partial charge in [0.2, 0.25) is 5.91 Å². The summed E-state index contributed by atoms with van der Waals surface area (Å²) in [6.07, 6.45) is 4.59. The molecule has 3 heteroatoms. The fraction of sp³-hybridized carbons (Fsp3) is 0.900. The third-order valence-corrected chi connectivity index (χ3v) is 3.21. The van der Waals surface area contributed by atoms with Gasteiger partial charge in [-0.2, -0.15) is 0 Å². The maximum atomic E-state index is 11.0. The number of likely N-dealkylation sites (tertiary alicyclic amines) is 1. The van der Waals surface area contributed by atoms with Crippen LogP contribution in [0.2, 0.25) is 0 Å². The fourth-order valence-electron chi connectivity index (χ4n) is 2.11. The number of amides is 1. The molecule has 1 amide bonds. The monoisotopic (exact) mass is 182 g/mol. The number of piperidine rings is 1. The minimum Gasteiger partial charge on any atom is -0.342 e. The first kappa shape index (κ1) is 9.00. The molecule has 74 valence electrons. The molecule has 2 fully saturated rings. The Morgan fingerprint density at radius 1 is 1.38 bits per heavy atom. The first-order valence-corrected chi connectivity index (χ1v) is 5.35. The Kier molecular flexibility index (Phi) is 2.83. The fourth-order valence-corrected chi connectivity index (χ4v) is 2.11. The second-order valence-corrected chi connectivity index (χ2v) is 4.11. The van der Waals surface area contributed by atoms with Crippen molar-refractivity contribution in [2.45, 2.75) is 25.7 Å². The van der Waals surface area contributed by atoms with Crippen LogP contribution in [0.3, 0.4) is 0 Å². The topological polar surface area (TPSA) is 32.3 Å². The number of rotatable bonds is 3. The summed E-state index contributed by atoms with van der Waals surface area (Å²) in [5.41, 5.74) is 0. The zero-order valence-electron chi connectivity index (χ0n) is 8.09. The third kappa shape index (κ3) is 2.21. The molecule has 0 atom stereocenters. The number of β-lactam (4-membered cyclic amide) rings is 1. The number of carbonyl (C=O) groups is 1. The van der Waals surface area contributed by atoms with E-state index in [2.05, 4.69) is 5.32 Å². The van der Waals surface area contributed by atoms with Gasteiger partial charge in [-0.15, -0.1) is 0 Å². The molecule has 0 aromatic rings. The molecule has 0 aromatic heterocycles. The Bertz CT molecular complexity index is 187. The van der Waals surface area contributed by atoms with Crippen LogP contribution in [-0.2, 0) is 4.79 Å². The van der Waals surface area contributed by atoms with E-state index >= 15 is 0 Å². The average molecular weight is 182 g/mol. The van der Waals surface area contributed by atoms with Gasteiger partial charge in [-0.1, -0.05) is 0 Å². The first-order valence-electron chi connectivity index (χ1n) is 5.35. The lowest BCUT2D eigenvalue weighted by molar-refractivity contribution is -0.139. The summed E-state index contributed by atoms with van der Waals surface area (Å²) < 4.78 is 0. The molecule has 0 aromatic carbocycles. The van der Waals surface area contributed by atoms with Crippen LogP contribution in [0.15, 0.2) is 0 Å². The van der Waals surface area contributed by atoms with Crippen molar-refractivity contribution in [1.82, 2.24) is 10.2 Å². The molecule has 2 aliphatic heterocycles. The van der Waals surface area contributed by atoms with Gasteiger partial charge in [0.15, 0.2) is 0 Å². The van der Waals surface area contributed by atoms with Crippen molar-refractivity contribution in [3.63, 3.8) is 0 Å². The highest BCUT2D eigenvalue weighted by atomic mass is 16.2. The maximum Gasteiger partial charge on any atom is 0.224 e. The third-order valence-electron chi connectivity index (χ3n) is 3.21. The summed E-state index contributed by atoms with van der Waals surface area (Å²) in [4.78, 5) is 13.0. The molecule has 2 rings (SSSR count). The highest BCUT2D eigenvalue weighted by Gasteiger charge is 2.24. The Morgan fingerprint density at radius 2 is 2.15 bits per heavy atom. The van der Waals surface area contributed by atoms with Gasteiger partial charge in [-0.25, -0.2) is 0 Å². The van der Waals surface area contributed by atoms with E-state index in [4.69, 9.17) is 0 Å². The van der Waals surface area contributed by atoms with Crippen molar-refractivity contribution in [3.8, 4) is 0 Å². The summed E-state index contributed by atoms with van der Waals surface area (Å²) in [5, 5.41) is 3.36. The van der Waals surface area contributed by atoms with Crippen LogP contribution in [0, 0.1) is 5.92 Å². The zero-order valence-corrected chi connectivity index (χ0v) is 8.09. The summed E-state index contributed by atoms with van der Waals surface area (Å²) >= 11 is 0. The molecular weight excluding hydrogens is 164 g/mol. The van der Waals surface area contributed by atoms with Crippen molar-refractivity contribution in [1.29, 1.82) is 0 Å². The zero-order chi connectivity index (χ0) is 9.10. The Morgan fingerprint density at radius 3 is 2.69 bits per heavy atom. The first-order chi connectivity index (χ1) is 6.36. The second kappa shape index (κ2) is 4.09. The van der Waals surface area contributed by atoms with E-state index in [-0.39, 0.29) is 0 Å². The van der Waals surface area contributed by atoms with Crippen molar-refractivity contribution in [3.05, 3.63) is 0 Å². The quantitative estimate of drug-likeness (QED) is 0.649. The van der Waals surface area contributed by atoms with Gasteiger partial charge in [0.25, 0.3) is 0 Å². The number of carbonyl (C=O) groups excluding carboxylic acids is 1. The molecule has 3 nitrogen and oxygen atoms in total. The van der Waals surface area contributed by atoms with Crippen LogP contribution in [0.5, 0.6) is 0 Å². The van der Waals surface area contributed by atoms with Crippen LogP contribution in [0.25, 0.3) is 0 Å². The summed E-state index contributed by atoms with van der Waals surface area (Å²) in [6.45, 7) is 4.34. The molecule has 0 bridgehead atoms. The molecule has 0 unspecified atom stereocenters. The van der Waals surface area contributed by atoms with Gasteiger partial charge in [0.05, 0.1) is 0 Å². The molecule has 0 aliphatic carbocycles. The van der Waals surface area contributed by atoms with Crippen molar-refractivity contribution in [2.24, 2.45) is 5.92 Å². The van der Waals surface area contributed by atoms with Crippen LogP contribution < -0.4 is 5.32 Å². The maximum absolute atomic E-state index is 11.0. The van der Waals surface area contributed by atoms with Crippen LogP contribution in [0.1, 0.15) is 25.7 Å². The number of nitrogens with zero attached hydrogens (tertiary/aromatic N) is 1. The van der Waals surface area contributed by atoms with Crippen LogP contribution in [-0.4, -0.2) is 37.0 Å². The summed E-state index contributed by atoms with van der Waals surface area (Å²) in [7, 11) is 0. The molecule has 2 heterocycles. The molecular formula is C10H18N2O. The lowest BCUT2D eigenvalue weighted by atomic mass is 9.94. The smallest absolute Gasteiger partial charge is 0.224 e. The molecule has 1 N–H and O–H groups in total. The number of nitrogens with one attached hydrogen (secondary N) is 1. The van der Waals surface area contributed by atoms with Gasteiger partial charge < -0.3 is 10.2 Å². The Labute approximate surface area is 79.5 Å². The van der Waals surface area contributed by atoms with Crippen molar-refractivity contribution in [2.75, 3.05) is 26.2 Å². The van der Waals surface area contributed by atoms with Crippen molar-refractivity contribution < 1.29 is 4.79 Å². The summed E-state index contributed by atoms with van der Waals surface area (Å²) in [5.74, 6) is 1.21. The molecule has 13 heavy (non-hydrogen) atoms. The average Bonchev–Trinajstić information content (AvgIpc) is 2.17. The van der Waals surface area contributed by atoms with E-state index < -0.39 is 0 Å². The SMILES string of the molecule is O=C1CCN1CCC1CCNCC1. The molecule has 2 aliphatic rings. The van der Waals surface area contributed by atoms with Gasteiger partial charge in [-0.3, -0.25) is 4.79 Å². The van der Waals surface area contributed by atoms with E-state index in [1.54, 1.807) is 0 Å². The Balaban J connectivity index is 1.63. The van der Waals surface area contributed by atoms with Crippen LogP contribution >= 0.6 is 0 Å². The second-order valence-electron chi connectivity index (χ2n) is 4.11. The normalized spacial score (nSPS) is 24.6. The van der Waals surface area contributed by atoms with Gasteiger partial charge >= 0.3 is 0 Å². The van der Waals surface area contributed by atoms with E-state index in [0.29, 0.717) is 5.91 Å². The van der Waals surface area contributed by atoms with Crippen molar-refractivity contribution >= 4 is 5.91 Å². The van der Waals surface area contributed by atoms with Gasteiger partial charge in [0, 0.05) is 19.5 Å². The predicted molar refractivity (Wildman–Crippen MR) is 51.4 cm³/mol. The van der Waals surface area contributed by atoms with Gasteiger partial charge in [0.1, 0.15) is 0 Å². The van der Waals surface area contributed by atoms with Crippen LogP contribution in [0.4, 0.5) is 0 Å².